The molecule has 130 valence electrons. The van der Waals surface area contributed by atoms with Gasteiger partial charge in [-0.15, -0.1) is 22.7 Å². The standard InChI is InChI=1S/C19H20N2O2S2/c1-20(12-14-4-2-9-23-14)18(22)13-21-8-6-16-15(7-11-25-16)19(21)17-5-3-10-24-17/h2-5,7,9-11,19H,6,8,12-13H2,1H3. The van der Waals surface area contributed by atoms with Gasteiger partial charge in [0.05, 0.1) is 25.4 Å². The fraction of sp³-hybridized carbons (Fsp3) is 0.316. The first-order valence-electron chi connectivity index (χ1n) is 8.32. The lowest BCUT2D eigenvalue weighted by atomic mass is 9.98. The molecule has 3 aromatic heterocycles. The minimum absolute atomic E-state index is 0.122. The lowest BCUT2D eigenvalue weighted by molar-refractivity contribution is -0.132. The van der Waals surface area contributed by atoms with Gasteiger partial charge in [-0.3, -0.25) is 9.69 Å². The Labute approximate surface area is 155 Å². The van der Waals surface area contributed by atoms with Gasteiger partial charge in [-0.1, -0.05) is 6.07 Å². The number of furan rings is 1. The smallest absolute Gasteiger partial charge is 0.236 e. The SMILES string of the molecule is CN(Cc1ccco1)C(=O)CN1CCc2sccc2C1c1cccs1. The summed E-state index contributed by atoms with van der Waals surface area (Å²) in [5.41, 5.74) is 1.36. The third kappa shape index (κ3) is 3.42. The summed E-state index contributed by atoms with van der Waals surface area (Å²) in [6.07, 6.45) is 2.66. The van der Waals surface area contributed by atoms with Crippen molar-refractivity contribution in [3.8, 4) is 0 Å². The third-order valence-electron chi connectivity index (χ3n) is 4.62. The molecule has 1 aliphatic heterocycles. The van der Waals surface area contributed by atoms with E-state index in [0.29, 0.717) is 13.1 Å². The van der Waals surface area contributed by atoms with E-state index in [1.807, 2.05) is 30.5 Å². The van der Waals surface area contributed by atoms with Gasteiger partial charge in [0.2, 0.25) is 5.91 Å². The summed E-state index contributed by atoms with van der Waals surface area (Å²) in [5.74, 6) is 0.932. The second kappa shape index (κ2) is 7.15. The molecule has 4 heterocycles. The average Bonchev–Trinajstić information content (AvgIpc) is 3.36. The van der Waals surface area contributed by atoms with Crippen molar-refractivity contribution in [2.75, 3.05) is 20.1 Å². The summed E-state index contributed by atoms with van der Waals surface area (Å²) < 4.78 is 5.36. The molecule has 4 nitrogen and oxygen atoms in total. The van der Waals surface area contributed by atoms with Crippen LogP contribution in [0.4, 0.5) is 0 Å². The quantitative estimate of drug-likeness (QED) is 0.679. The Morgan fingerprint density at radius 3 is 2.96 bits per heavy atom. The van der Waals surface area contributed by atoms with Crippen LogP contribution in [0.3, 0.4) is 0 Å². The zero-order valence-corrected chi connectivity index (χ0v) is 15.7. The van der Waals surface area contributed by atoms with Crippen molar-refractivity contribution in [2.24, 2.45) is 0 Å². The molecular formula is C19H20N2O2S2. The molecule has 25 heavy (non-hydrogen) atoms. The van der Waals surface area contributed by atoms with Crippen LogP contribution >= 0.6 is 22.7 Å². The number of carbonyl (C=O) groups is 1. The van der Waals surface area contributed by atoms with Gasteiger partial charge in [0.25, 0.3) is 0 Å². The van der Waals surface area contributed by atoms with E-state index in [4.69, 9.17) is 4.42 Å². The van der Waals surface area contributed by atoms with Crippen LogP contribution in [0, 0.1) is 0 Å². The Hall–Kier alpha value is -1.89. The number of rotatable bonds is 5. The average molecular weight is 373 g/mol. The van der Waals surface area contributed by atoms with Gasteiger partial charge in [0.15, 0.2) is 0 Å². The zero-order valence-electron chi connectivity index (χ0n) is 14.1. The Balaban J connectivity index is 1.51. The van der Waals surface area contributed by atoms with Crippen molar-refractivity contribution >= 4 is 28.6 Å². The molecule has 0 aliphatic carbocycles. The second-order valence-corrected chi connectivity index (χ2v) is 8.25. The van der Waals surface area contributed by atoms with Crippen molar-refractivity contribution in [1.29, 1.82) is 0 Å². The molecular weight excluding hydrogens is 352 g/mol. The molecule has 1 unspecified atom stereocenters. The molecule has 3 aromatic rings. The summed E-state index contributed by atoms with van der Waals surface area (Å²) in [6, 6.07) is 10.4. The molecule has 0 fully saturated rings. The topological polar surface area (TPSA) is 36.7 Å². The molecule has 0 bridgehead atoms. The van der Waals surface area contributed by atoms with Gasteiger partial charge in [-0.05, 0) is 47.0 Å². The molecule has 0 radical (unpaired) electrons. The van der Waals surface area contributed by atoms with E-state index in [1.54, 1.807) is 22.5 Å². The van der Waals surface area contributed by atoms with Crippen molar-refractivity contribution in [1.82, 2.24) is 9.80 Å². The van der Waals surface area contributed by atoms with E-state index in [1.165, 1.54) is 15.3 Å². The largest absolute Gasteiger partial charge is 0.467 e. The summed E-state index contributed by atoms with van der Waals surface area (Å²) >= 11 is 3.59. The van der Waals surface area contributed by atoms with Crippen LogP contribution in [0.2, 0.25) is 0 Å². The summed E-state index contributed by atoms with van der Waals surface area (Å²) in [6.45, 7) is 1.85. The summed E-state index contributed by atoms with van der Waals surface area (Å²) in [5, 5.41) is 4.28. The maximum atomic E-state index is 12.8. The van der Waals surface area contributed by atoms with Gasteiger partial charge >= 0.3 is 0 Å². The lowest BCUT2D eigenvalue weighted by Crippen LogP contribution is -2.42. The Morgan fingerprint density at radius 1 is 1.28 bits per heavy atom. The minimum atomic E-state index is 0.122. The molecule has 1 amide bonds. The number of nitrogens with zero attached hydrogens (tertiary/aromatic N) is 2. The van der Waals surface area contributed by atoms with E-state index in [0.717, 1.165) is 18.7 Å². The van der Waals surface area contributed by atoms with Crippen LogP contribution < -0.4 is 0 Å². The van der Waals surface area contributed by atoms with Gasteiger partial charge in [-0.2, -0.15) is 0 Å². The predicted molar refractivity (Wildman–Crippen MR) is 101 cm³/mol. The number of likely N-dealkylation sites (N-methyl/N-ethyl adjacent to an activating group) is 1. The summed E-state index contributed by atoms with van der Waals surface area (Å²) in [4.78, 5) is 19.6. The third-order valence-corrected chi connectivity index (χ3v) is 6.54. The Bertz CT molecular complexity index is 824. The first-order chi connectivity index (χ1) is 12.2. The van der Waals surface area contributed by atoms with Crippen LogP contribution in [0.15, 0.2) is 51.8 Å². The van der Waals surface area contributed by atoms with Crippen LogP contribution in [0.5, 0.6) is 0 Å². The number of fused-ring (bicyclic) bond motifs is 1. The molecule has 0 saturated carbocycles. The molecule has 0 N–H and O–H groups in total. The number of hydrogen-bond donors (Lipinski definition) is 0. The number of thiophene rings is 2. The Morgan fingerprint density at radius 2 is 2.20 bits per heavy atom. The molecule has 1 aliphatic rings. The molecule has 1 atom stereocenters. The van der Waals surface area contributed by atoms with Gasteiger partial charge in [0, 0.05) is 23.3 Å². The number of amides is 1. The van der Waals surface area contributed by atoms with E-state index < -0.39 is 0 Å². The molecule has 0 spiro atoms. The van der Waals surface area contributed by atoms with Crippen molar-refractivity contribution < 1.29 is 9.21 Å². The number of hydrogen-bond acceptors (Lipinski definition) is 5. The normalized spacial score (nSPS) is 17.4. The highest BCUT2D eigenvalue weighted by molar-refractivity contribution is 7.10. The van der Waals surface area contributed by atoms with Crippen molar-refractivity contribution in [3.63, 3.8) is 0 Å². The molecule has 0 saturated heterocycles. The summed E-state index contributed by atoms with van der Waals surface area (Å²) in [7, 11) is 1.84. The van der Waals surface area contributed by atoms with Crippen LogP contribution in [0.1, 0.15) is 27.1 Å². The van der Waals surface area contributed by atoms with Gasteiger partial charge in [-0.25, -0.2) is 0 Å². The maximum absolute atomic E-state index is 12.8. The Kier molecular flexibility index (Phi) is 4.74. The molecule has 6 heteroatoms. The fourth-order valence-corrected chi connectivity index (χ4v) is 5.12. The first-order valence-corrected chi connectivity index (χ1v) is 10.1. The van der Waals surface area contributed by atoms with Crippen molar-refractivity contribution in [2.45, 2.75) is 19.0 Å². The van der Waals surface area contributed by atoms with Crippen LogP contribution in [0.25, 0.3) is 0 Å². The van der Waals surface area contributed by atoms with Gasteiger partial charge in [0.1, 0.15) is 5.76 Å². The highest BCUT2D eigenvalue weighted by Crippen LogP contribution is 2.39. The van der Waals surface area contributed by atoms with Crippen molar-refractivity contribution in [3.05, 3.63) is 68.4 Å². The lowest BCUT2D eigenvalue weighted by Gasteiger charge is -2.35. The predicted octanol–water partition coefficient (Wildman–Crippen LogP) is 4.01. The van der Waals surface area contributed by atoms with Crippen LogP contribution in [-0.2, 0) is 17.8 Å². The van der Waals surface area contributed by atoms with E-state index in [2.05, 4.69) is 33.9 Å². The first kappa shape index (κ1) is 16.6. The second-order valence-electron chi connectivity index (χ2n) is 6.27. The van der Waals surface area contributed by atoms with E-state index in [-0.39, 0.29) is 11.9 Å². The zero-order chi connectivity index (χ0) is 17.2. The van der Waals surface area contributed by atoms with E-state index >= 15 is 0 Å². The maximum Gasteiger partial charge on any atom is 0.236 e. The monoisotopic (exact) mass is 372 g/mol. The fourth-order valence-electron chi connectivity index (χ4n) is 3.34. The van der Waals surface area contributed by atoms with E-state index in [9.17, 15) is 4.79 Å². The van der Waals surface area contributed by atoms with Crippen LogP contribution in [-0.4, -0.2) is 35.8 Å². The number of carbonyl (C=O) groups excluding carboxylic acids is 1. The molecule has 0 aromatic carbocycles. The minimum Gasteiger partial charge on any atom is -0.467 e. The highest BCUT2D eigenvalue weighted by atomic mass is 32.1. The molecule has 4 rings (SSSR count). The van der Waals surface area contributed by atoms with Gasteiger partial charge < -0.3 is 9.32 Å². The highest BCUT2D eigenvalue weighted by Gasteiger charge is 2.32.